The molecule has 0 aromatic carbocycles. The van der Waals surface area contributed by atoms with Crippen LogP contribution in [0.25, 0.3) is 0 Å². The van der Waals surface area contributed by atoms with Crippen LogP contribution in [-0.4, -0.2) is 71.0 Å². The third kappa shape index (κ3) is 13.9. The van der Waals surface area contributed by atoms with E-state index < -0.39 is 36.1 Å². The van der Waals surface area contributed by atoms with Gasteiger partial charge in [-0.1, -0.05) is 0 Å². The molecular weight excluding hydrogens is 346 g/mol. The minimum absolute atomic E-state index is 0.222. The minimum atomic E-state index is -1.19. The number of unbranched alkanes of at least 4 members (excludes halogenated alkanes) is 1. The van der Waals surface area contributed by atoms with Gasteiger partial charge in [0.15, 0.2) is 0 Å². The molecule has 0 saturated carbocycles. The summed E-state index contributed by atoms with van der Waals surface area (Å²) in [4.78, 5) is 45.7. The molecule has 0 atom stereocenters. The van der Waals surface area contributed by atoms with Crippen LogP contribution in [0.3, 0.4) is 0 Å². The lowest BCUT2D eigenvalue weighted by atomic mass is 10.2. The topological polar surface area (TPSA) is 145 Å². The summed E-state index contributed by atoms with van der Waals surface area (Å²) in [6.45, 7) is 6.53. The van der Waals surface area contributed by atoms with Crippen LogP contribution in [0.4, 0.5) is 9.59 Å². The Kier molecular flexibility index (Phi) is 10.8. The summed E-state index contributed by atoms with van der Waals surface area (Å²) in [7, 11) is 0. The first-order valence-corrected chi connectivity index (χ1v) is 8.44. The van der Waals surface area contributed by atoms with Crippen molar-refractivity contribution in [2.75, 3.05) is 26.2 Å². The van der Waals surface area contributed by atoms with Crippen molar-refractivity contribution in [3.05, 3.63) is 0 Å². The van der Waals surface area contributed by atoms with E-state index in [9.17, 15) is 19.2 Å². The van der Waals surface area contributed by atoms with Crippen molar-refractivity contribution in [1.82, 2.24) is 15.5 Å². The van der Waals surface area contributed by atoms with Crippen molar-refractivity contribution >= 4 is 24.1 Å². The van der Waals surface area contributed by atoms with Crippen LogP contribution >= 0.6 is 0 Å². The standard InChI is InChI=1S/C16H29N3O7/c1-16(2,3)26-15(25)19(10-6-8-18-14(23)24)9-5-4-7-17-12(20)11-13(21)22/h18H,4-11H2,1-3H3,(H,17,20)(H,21,22)(H,23,24). The molecule has 150 valence electrons. The molecule has 3 amide bonds. The molecule has 10 nitrogen and oxygen atoms in total. The van der Waals surface area contributed by atoms with Gasteiger partial charge in [0.05, 0.1) is 0 Å². The van der Waals surface area contributed by atoms with E-state index in [0.29, 0.717) is 38.9 Å². The zero-order valence-electron chi connectivity index (χ0n) is 15.5. The van der Waals surface area contributed by atoms with Crippen molar-refractivity contribution < 1.29 is 34.1 Å². The second-order valence-corrected chi connectivity index (χ2v) is 6.68. The van der Waals surface area contributed by atoms with E-state index in [0.717, 1.165) is 0 Å². The highest BCUT2D eigenvalue weighted by Crippen LogP contribution is 2.11. The van der Waals surface area contributed by atoms with Gasteiger partial charge in [0, 0.05) is 26.2 Å². The van der Waals surface area contributed by atoms with E-state index in [1.54, 1.807) is 20.8 Å². The Morgan fingerprint density at radius 2 is 1.50 bits per heavy atom. The molecule has 0 rings (SSSR count). The summed E-state index contributed by atoms with van der Waals surface area (Å²) in [6, 6.07) is 0. The number of rotatable bonds is 11. The van der Waals surface area contributed by atoms with Gasteiger partial charge in [-0.05, 0) is 40.0 Å². The van der Waals surface area contributed by atoms with Gasteiger partial charge < -0.3 is 30.5 Å². The van der Waals surface area contributed by atoms with Crippen LogP contribution in [0.1, 0.15) is 46.5 Å². The predicted molar refractivity (Wildman–Crippen MR) is 92.9 cm³/mol. The van der Waals surface area contributed by atoms with E-state index in [1.165, 1.54) is 4.90 Å². The zero-order chi connectivity index (χ0) is 20.2. The Hall–Kier alpha value is -2.52. The molecule has 0 aliphatic carbocycles. The second kappa shape index (κ2) is 11.9. The summed E-state index contributed by atoms with van der Waals surface area (Å²) < 4.78 is 5.33. The molecule has 0 aliphatic heterocycles. The number of nitrogens with zero attached hydrogens (tertiary/aromatic N) is 1. The lowest BCUT2D eigenvalue weighted by Gasteiger charge is -2.27. The van der Waals surface area contributed by atoms with Gasteiger partial charge in [-0.3, -0.25) is 9.59 Å². The van der Waals surface area contributed by atoms with E-state index in [2.05, 4.69) is 10.6 Å². The number of hydrogen-bond acceptors (Lipinski definition) is 5. The molecule has 0 heterocycles. The summed E-state index contributed by atoms with van der Waals surface area (Å²) in [5, 5.41) is 21.8. The Balaban J connectivity index is 4.29. The maximum Gasteiger partial charge on any atom is 0.410 e. The number of carbonyl (C=O) groups is 4. The Labute approximate surface area is 152 Å². The number of amides is 3. The van der Waals surface area contributed by atoms with Gasteiger partial charge in [0.1, 0.15) is 12.0 Å². The molecule has 0 unspecified atom stereocenters. The van der Waals surface area contributed by atoms with Crippen molar-refractivity contribution in [2.24, 2.45) is 0 Å². The van der Waals surface area contributed by atoms with Crippen LogP contribution in [0.2, 0.25) is 0 Å². The van der Waals surface area contributed by atoms with Crippen LogP contribution < -0.4 is 10.6 Å². The molecular formula is C16H29N3O7. The first-order valence-electron chi connectivity index (χ1n) is 8.44. The largest absolute Gasteiger partial charge is 0.481 e. The highest BCUT2D eigenvalue weighted by atomic mass is 16.6. The van der Waals surface area contributed by atoms with Gasteiger partial charge in [-0.25, -0.2) is 9.59 Å². The van der Waals surface area contributed by atoms with Crippen molar-refractivity contribution in [3.8, 4) is 0 Å². The van der Waals surface area contributed by atoms with Crippen LogP contribution in [-0.2, 0) is 14.3 Å². The van der Waals surface area contributed by atoms with Crippen molar-refractivity contribution in [2.45, 2.75) is 52.1 Å². The highest BCUT2D eigenvalue weighted by Gasteiger charge is 2.21. The van der Waals surface area contributed by atoms with E-state index >= 15 is 0 Å². The second-order valence-electron chi connectivity index (χ2n) is 6.68. The van der Waals surface area contributed by atoms with Crippen molar-refractivity contribution in [3.63, 3.8) is 0 Å². The van der Waals surface area contributed by atoms with Gasteiger partial charge >= 0.3 is 18.2 Å². The smallest absolute Gasteiger partial charge is 0.410 e. The Morgan fingerprint density at radius 1 is 0.923 bits per heavy atom. The van der Waals surface area contributed by atoms with Gasteiger partial charge in [-0.2, -0.15) is 0 Å². The molecule has 0 aliphatic rings. The number of carboxylic acids is 1. The number of aliphatic carboxylic acids is 1. The summed E-state index contributed by atoms with van der Waals surface area (Å²) in [5.74, 6) is -1.74. The number of carbonyl (C=O) groups excluding carboxylic acids is 2. The first-order chi connectivity index (χ1) is 12.0. The predicted octanol–water partition coefficient (Wildman–Crippen LogP) is 1.25. The molecule has 0 spiro atoms. The number of ether oxygens (including phenoxy) is 1. The quantitative estimate of drug-likeness (QED) is 0.314. The van der Waals surface area contributed by atoms with Crippen LogP contribution in [0.15, 0.2) is 0 Å². The molecule has 0 aromatic heterocycles. The minimum Gasteiger partial charge on any atom is -0.481 e. The monoisotopic (exact) mass is 375 g/mol. The van der Waals surface area contributed by atoms with Crippen molar-refractivity contribution in [1.29, 1.82) is 0 Å². The highest BCUT2D eigenvalue weighted by molar-refractivity contribution is 5.93. The number of nitrogens with one attached hydrogen (secondary N) is 2. The van der Waals surface area contributed by atoms with E-state index in [1.807, 2.05) is 0 Å². The molecule has 0 radical (unpaired) electrons. The maximum absolute atomic E-state index is 12.2. The maximum atomic E-state index is 12.2. The normalized spacial score (nSPS) is 10.7. The SMILES string of the molecule is CC(C)(C)OC(=O)N(CCCCNC(=O)CC(=O)O)CCCNC(=O)O. The molecule has 26 heavy (non-hydrogen) atoms. The molecule has 0 bridgehead atoms. The Morgan fingerprint density at radius 3 is 2.04 bits per heavy atom. The van der Waals surface area contributed by atoms with Gasteiger partial charge in [0.25, 0.3) is 0 Å². The van der Waals surface area contributed by atoms with Crippen LogP contribution in [0.5, 0.6) is 0 Å². The Bertz CT molecular complexity index is 489. The fourth-order valence-corrected chi connectivity index (χ4v) is 1.94. The average molecular weight is 375 g/mol. The number of carboxylic acid groups (broad SMARTS) is 2. The molecule has 0 saturated heterocycles. The molecule has 10 heteroatoms. The lowest BCUT2D eigenvalue weighted by Crippen LogP contribution is -2.39. The fourth-order valence-electron chi connectivity index (χ4n) is 1.94. The van der Waals surface area contributed by atoms with Crippen LogP contribution in [0, 0.1) is 0 Å². The third-order valence-corrected chi connectivity index (χ3v) is 3.02. The zero-order valence-corrected chi connectivity index (χ0v) is 15.5. The van der Waals surface area contributed by atoms with E-state index in [4.69, 9.17) is 14.9 Å². The van der Waals surface area contributed by atoms with E-state index in [-0.39, 0.29) is 6.54 Å². The lowest BCUT2D eigenvalue weighted by molar-refractivity contribution is -0.140. The molecule has 0 aromatic rings. The summed E-state index contributed by atoms with van der Waals surface area (Å²) in [5.41, 5.74) is -0.639. The fraction of sp³-hybridized carbons (Fsp3) is 0.750. The first kappa shape index (κ1) is 23.5. The average Bonchev–Trinajstić information content (AvgIpc) is 2.46. The molecule has 4 N–H and O–H groups in total. The van der Waals surface area contributed by atoms with Gasteiger partial charge in [-0.15, -0.1) is 0 Å². The third-order valence-electron chi connectivity index (χ3n) is 3.02. The molecule has 0 fully saturated rings. The summed E-state index contributed by atoms with van der Waals surface area (Å²) in [6.07, 6.45) is -0.577. The summed E-state index contributed by atoms with van der Waals surface area (Å²) >= 11 is 0. The van der Waals surface area contributed by atoms with Gasteiger partial charge in [0.2, 0.25) is 5.91 Å². The number of hydrogen-bond donors (Lipinski definition) is 4.